The molecule has 38 heavy (non-hydrogen) atoms. The van der Waals surface area contributed by atoms with Crippen molar-refractivity contribution in [1.82, 2.24) is 0 Å². The van der Waals surface area contributed by atoms with E-state index in [0.717, 1.165) is 29.2 Å². The summed E-state index contributed by atoms with van der Waals surface area (Å²) in [5.74, 6) is -1.24. The van der Waals surface area contributed by atoms with Crippen molar-refractivity contribution >= 4 is 39.2 Å². The smallest absolute Gasteiger partial charge is 0.481 e. The van der Waals surface area contributed by atoms with Gasteiger partial charge in [0, 0.05) is 10.6 Å². The minimum atomic E-state index is -4.85. The first-order valence-electron chi connectivity index (χ1n) is 10.5. The molecule has 1 N–H and O–H groups in total. The van der Waals surface area contributed by atoms with Crippen LogP contribution in [0.2, 0.25) is 0 Å². The molecule has 0 aliphatic carbocycles. The quantitative estimate of drug-likeness (QED) is 0.183. The summed E-state index contributed by atoms with van der Waals surface area (Å²) >= 11 is 4.70. The lowest BCUT2D eigenvalue weighted by atomic mass is 9.97. The van der Waals surface area contributed by atoms with Crippen molar-refractivity contribution in [3.63, 3.8) is 0 Å². The minimum Gasteiger partial charge on any atom is -0.481 e. The predicted molar refractivity (Wildman–Crippen MR) is 131 cm³/mol. The average molecular weight is 623 g/mol. The van der Waals surface area contributed by atoms with Gasteiger partial charge >= 0.3 is 18.7 Å². The van der Waals surface area contributed by atoms with E-state index >= 15 is 0 Å². The molecule has 0 heterocycles. The third kappa shape index (κ3) is 9.53. The van der Waals surface area contributed by atoms with Gasteiger partial charge in [0.25, 0.3) is 0 Å². The molecule has 0 aromatic heterocycles. The van der Waals surface area contributed by atoms with E-state index in [1.165, 1.54) is 36.0 Å². The highest BCUT2D eigenvalue weighted by Crippen LogP contribution is 2.33. The predicted octanol–water partition coefficient (Wildman–Crippen LogP) is 7.93. The van der Waals surface area contributed by atoms with Crippen LogP contribution in [0.25, 0.3) is 5.57 Å². The van der Waals surface area contributed by atoms with E-state index in [9.17, 15) is 31.1 Å². The number of halogens is 7. The van der Waals surface area contributed by atoms with E-state index in [1.54, 1.807) is 24.3 Å². The first-order valence-corrected chi connectivity index (χ1v) is 12.3. The number of carbonyl (C=O) groups is 1. The van der Waals surface area contributed by atoms with Crippen molar-refractivity contribution in [2.24, 2.45) is 0 Å². The Kier molecular flexibility index (Phi) is 9.60. The van der Waals surface area contributed by atoms with E-state index in [0.29, 0.717) is 32.7 Å². The molecule has 0 saturated heterocycles. The third-order valence-electron chi connectivity index (χ3n) is 4.59. The molecule has 0 amide bonds. The fourth-order valence-corrected chi connectivity index (χ4v) is 4.58. The number of hydrogen-bond donors (Lipinski definition) is 1. The minimum absolute atomic E-state index is 0.343. The normalized spacial score (nSPS) is 11.6. The Morgan fingerprint density at radius 2 is 1.34 bits per heavy atom. The Morgan fingerprint density at radius 1 is 0.842 bits per heavy atom. The lowest BCUT2D eigenvalue weighted by Gasteiger charge is -2.13. The lowest BCUT2D eigenvalue weighted by Crippen LogP contribution is -2.17. The first-order chi connectivity index (χ1) is 17.8. The van der Waals surface area contributed by atoms with Gasteiger partial charge in [0.15, 0.2) is 6.61 Å². The van der Waals surface area contributed by atoms with Gasteiger partial charge < -0.3 is 19.3 Å². The Hall–Kier alpha value is -3.32. The van der Waals surface area contributed by atoms with Crippen LogP contribution in [0.3, 0.4) is 0 Å². The van der Waals surface area contributed by atoms with Crippen molar-refractivity contribution in [2.75, 3.05) is 12.4 Å². The number of rotatable bonds is 10. The zero-order valence-corrected chi connectivity index (χ0v) is 21.4. The fraction of sp³-hybridized carbons (Fsp3) is 0.160. The summed E-state index contributed by atoms with van der Waals surface area (Å²) in [6, 6.07) is 15.2. The Balaban J connectivity index is 1.83. The molecular formula is C25H17BrF6O5S. The average Bonchev–Trinajstić information content (AvgIpc) is 2.81. The Bertz CT molecular complexity index is 1210. The molecule has 5 nitrogen and oxygen atoms in total. The fourth-order valence-electron chi connectivity index (χ4n) is 3.12. The van der Waals surface area contributed by atoms with Crippen LogP contribution in [0.4, 0.5) is 26.3 Å². The number of alkyl halides is 6. The summed E-state index contributed by atoms with van der Waals surface area (Å²) in [6.07, 6.45) is -7.94. The van der Waals surface area contributed by atoms with Gasteiger partial charge in [0.05, 0.1) is 4.47 Å². The van der Waals surface area contributed by atoms with Crippen molar-refractivity contribution in [2.45, 2.75) is 17.6 Å². The van der Waals surface area contributed by atoms with E-state index < -0.39 is 36.8 Å². The van der Waals surface area contributed by atoms with Gasteiger partial charge in [0.1, 0.15) is 17.2 Å². The molecule has 0 aliphatic heterocycles. The number of aliphatic carboxylic acids is 1. The maximum Gasteiger partial charge on any atom is 0.573 e. The van der Waals surface area contributed by atoms with Crippen molar-refractivity contribution in [3.8, 4) is 17.2 Å². The molecule has 3 aromatic carbocycles. The van der Waals surface area contributed by atoms with Crippen LogP contribution in [0.1, 0.15) is 11.1 Å². The summed E-state index contributed by atoms with van der Waals surface area (Å²) in [7, 11) is 0. The Morgan fingerprint density at radius 3 is 1.76 bits per heavy atom. The van der Waals surface area contributed by atoms with E-state index in [1.807, 2.05) is 0 Å². The molecule has 0 radical (unpaired) electrons. The van der Waals surface area contributed by atoms with Gasteiger partial charge in [-0.25, -0.2) is 4.79 Å². The highest BCUT2D eigenvalue weighted by molar-refractivity contribution is 9.10. The second kappa shape index (κ2) is 12.5. The lowest BCUT2D eigenvalue weighted by molar-refractivity contribution is -0.275. The number of carboxylic acids is 1. The molecule has 0 bridgehead atoms. The number of carboxylic acid groups (broad SMARTS) is 1. The van der Waals surface area contributed by atoms with Gasteiger partial charge in [-0.1, -0.05) is 30.3 Å². The van der Waals surface area contributed by atoms with Crippen LogP contribution in [-0.4, -0.2) is 36.2 Å². The monoisotopic (exact) mass is 622 g/mol. The molecule has 0 fully saturated rings. The van der Waals surface area contributed by atoms with Crippen LogP contribution < -0.4 is 14.2 Å². The van der Waals surface area contributed by atoms with Crippen LogP contribution in [0.15, 0.2) is 82.2 Å². The number of hydrogen-bond acceptors (Lipinski definition) is 5. The number of ether oxygens (including phenoxy) is 3. The zero-order chi connectivity index (χ0) is 27.9. The van der Waals surface area contributed by atoms with Gasteiger partial charge in [0.2, 0.25) is 0 Å². The summed E-state index contributed by atoms with van der Waals surface area (Å²) < 4.78 is 88.6. The van der Waals surface area contributed by atoms with Gasteiger partial charge in [-0.3, -0.25) is 0 Å². The molecule has 13 heteroatoms. The van der Waals surface area contributed by atoms with E-state index in [2.05, 4.69) is 25.4 Å². The zero-order valence-electron chi connectivity index (χ0n) is 19.0. The molecule has 3 aromatic rings. The van der Waals surface area contributed by atoms with E-state index in [-0.39, 0.29) is 0 Å². The van der Waals surface area contributed by atoms with E-state index in [4.69, 9.17) is 9.84 Å². The summed E-state index contributed by atoms with van der Waals surface area (Å²) in [6.45, 7) is -0.503. The van der Waals surface area contributed by atoms with Gasteiger partial charge in [-0.15, -0.1) is 38.1 Å². The maximum atomic E-state index is 12.5. The summed E-state index contributed by atoms with van der Waals surface area (Å²) in [4.78, 5) is 11.5. The van der Waals surface area contributed by atoms with Gasteiger partial charge in [-0.2, -0.15) is 0 Å². The SMILES string of the molecule is O=C(O)COc1ccc(SCC=C(c2ccc(OC(F)(F)F)cc2)c2ccc(OC(F)(F)F)cc2)cc1Br. The largest absolute Gasteiger partial charge is 0.573 e. The highest BCUT2D eigenvalue weighted by atomic mass is 79.9. The third-order valence-corrected chi connectivity index (χ3v) is 6.13. The number of benzene rings is 3. The second-order valence-corrected chi connectivity index (χ2v) is 9.30. The summed E-state index contributed by atoms with van der Waals surface area (Å²) in [5, 5.41) is 8.74. The molecule has 202 valence electrons. The van der Waals surface area contributed by atoms with Crippen LogP contribution >= 0.6 is 27.7 Å². The molecule has 0 aliphatic rings. The molecular weight excluding hydrogens is 606 g/mol. The second-order valence-electron chi connectivity index (χ2n) is 7.35. The molecule has 0 unspecified atom stereocenters. The van der Waals surface area contributed by atoms with Crippen molar-refractivity contribution in [1.29, 1.82) is 0 Å². The van der Waals surface area contributed by atoms with Gasteiger partial charge in [-0.05, 0) is 75.1 Å². The summed E-state index contributed by atoms with van der Waals surface area (Å²) in [5.41, 5.74) is 1.56. The van der Waals surface area contributed by atoms with Crippen LogP contribution in [0, 0.1) is 0 Å². The van der Waals surface area contributed by atoms with Crippen LogP contribution in [-0.2, 0) is 4.79 Å². The first kappa shape index (κ1) is 29.2. The Labute approximate surface area is 225 Å². The molecule has 0 saturated carbocycles. The molecule has 3 rings (SSSR count). The maximum absolute atomic E-state index is 12.5. The van der Waals surface area contributed by atoms with Crippen molar-refractivity contribution < 1.29 is 50.5 Å². The molecule has 0 atom stereocenters. The number of thioether (sulfide) groups is 1. The van der Waals surface area contributed by atoms with Crippen LogP contribution in [0.5, 0.6) is 17.2 Å². The standard InChI is InChI=1S/C25H17BrF6O5S/c26-21-13-19(9-10-22(21)35-14-23(33)34)38-12-11-20(15-1-5-17(6-2-15)36-24(27,28)29)16-3-7-18(8-4-16)37-25(30,31)32/h1-11,13H,12,14H2,(H,33,34). The topological polar surface area (TPSA) is 65.0 Å². The highest BCUT2D eigenvalue weighted by Gasteiger charge is 2.31. The van der Waals surface area contributed by atoms with Crippen molar-refractivity contribution in [3.05, 3.63) is 88.4 Å². The molecule has 0 spiro atoms.